The van der Waals surface area contributed by atoms with E-state index in [4.69, 9.17) is 5.73 Å². The zero-order valence-corrected chi connectivity index (χ0v) is 12.8. The van der Waals surface area contributed by atoms with Gasteiger partial charge in [-0.05, 0) is 55.0 Å². The van der Waals surface area contributed by atoms with Gasteiger partial charge in [0, 0.05) is 17.5 Å². The van der Waals surface area contributed by atoms with Crippen molar-refractivity contribution >= 4 is 29.0 Å². The van der Waals surface area contributed by atoms with Gasteiger partial charge in [0.25, 0.3) is 0 Å². The highest BCUT2D eigenvalue weighted by atomic mass is 32.2. The maximum atomic E-state index is 12.8. The van der Waals surface area contributed by atoms with E-state index in [1.165, 1.54) is 10.4 Å². The molecule has 0 aromatic carbocycles. The summed E-state index contributed by atoms with van der Waals surface area (Å²) in [6.45, 7) is 3.68. The normalized spacial score (nSPS) is 30.4. The molecule has 104 valence electrons. The predicted molar refractivity (Wildman–Crippen MR) is 81.6 cm³/mol. The standard InChI is InChI=1S/C14H20N2OS2/c1-9-6-10(7-15)8-16(9)14(17)13-11-2-4-18-12(11)3-5-19-13/h2,4,9-10,13H,3,5-8,15H2,1H3. The average molecular weight is 296 g/mol. The summed E-state index contributed by atoms with van der Waals surface area (Å²) in [5.41, 5.74) is 7.01. The fraction of sp³-hybridized carbons (Fsp3) is 0.643. The second-order valence-electron chi connectivity index (χ2n) is 5.48. The third-order valence-corrected chi connectivity index (χ3v) is 6.40. The fourth-order valence-electron chi connectivity index (χ4n) is 3.12. The third-order valence-electron chi connectivity index (χ3n) is 4.18. The molecule has 2 aliphatic heterocycles. The lowest BCUT2D eigenvalue weighted by Gasteiger charge is -2.29. The monoisotopic (exact) mass is 296 g/mol. The second-order valence-corrected chi connectivity index (χ2v) is 7.69. The molecule has 0 aliphatic carbocycles. The minimum atomic E-state index is 0.0222. The Labute approximate surface area is 122 Å². The smallest absolute Gasteiger partial charge is 0.240 e. The van der Waals surface area contributed by atoms with Crippen LogP contribution in [-0.4, -0.2) is 35.7 Å². The van der Waals surface area contributed by atoms with E-state index in [9.17, 15) is 4.79 Å². The van der Waals surface area contributed by atoms with Gasteiger partial charge < -0.3 is 10.6 Å². The SMILES string of the molecule is CC1CC(CN)CN1C(=O)C1SCCc2sccc21. The van der Waals surface area contributed by atoms with Gasteiger partial charge in [-0.25, -0.2) is 0 Å². The predicted octanol–water partition coefficient (Wildman–Crippen LogP) is 2.27. The lowest BCUT2D eigenvalue weighted by Crippen LogP contribution is -2.38. The molecule has 0 saturated carbocycles. The van der Waals surface area contributed by atoms with Gasteiger partial charge in [0.05, 0.1) is 0 Å². The van der Waals surface area contributed by atoms with Crippen LogP contribution in [0.3, 0.4) is 0 Å². The number of likely N-dealkylation sites (tertiary alicyclic amines) is 1. The summed E-state index contributed by atoms with van der Waals surface area (Å²) in [7, 11) is 0. The number of thioether (sulfide) groups is 1. The van der Waals surface area contributed by atoms with Gasteiger partial charge in [0.15, 0.2) is 0 Å². The number of hydrogen-bond acceptors (Lipinski definition) is 4. The molecule has 19 heavy (non-hydrogen) atoms. The number of carbonyl (C=O) groups excluding carboxylic acids is 1. The van der Waals surface area contributed by atoms with E-state index in [1.807, 2.05) is 0 Å². The molecule has 0 spiro atoms. The molecule has 0 bridgehead atoms. The third kappa shape index (κ3) is 2.43. The highest BCUT2D eigenvalue weighted by molar-refractivity contribution is 8.00. The average Bonchev–Trinajstić information content (AvgIpc) is 3.03. The maximum absolute atomic E-state index is 12.8. The van der Waals surface area contributed by atoms with Crippen LogP contribution in [0.25, 0.3) is 0 Å². The molecule has 3 nitrogen and oxygen atoms in total. The Morgan fingerprint density at radius 3 is 3.16 bits per heavy atom. The van der Waals surface area contributed by atoms with E-state index in [2.05, 4.69) is 23.3 Å². The van der Waals surface area contributed by atoms with Crippen molar-refractivity contribution in [2.24, 2.45) is 11.7 Å². The highest BCUT2D eigenvalue weighted by Gasteiger charge is 2.37. The van der Waals surface area contributed by atoms with E-state index in [0.717, 1.165) is 25.1 Å². The largest absolute Gasteiger partial charge is 0.338 e. The molecule has 3 unspecified atom stereocenters. The summed E-state index contributed by atoms with van der Waals surface area (Å²) >= 11 is 3.59. The molecule has 0 radical (unpaired) electrons. The molecule has 3 heterocycles. The molecule has 2 N–H and O–H groups in total. The minimum Gasteiger partial charge on any atom is -0.338 e. The number of carbonyl (C=O) groups is 1. The summed E-state index contributed by atoms with van der Waals surface area (Å²) in [5, 5.41) is 2.14. The molecule has 1 fully saturated rings. The molecule has 1 saturated heterocycles. The lowest BCUT2D eigenvalue weighted by molar-refractivity contribution is -0.131. The number of fused-ring (bicyclic) bond motifs is 1. The summed E-state index contributed by atoms with van der Waals surface area (Å²) < 4.78 is 0. The molecule has 3 atom stereocenters. The number of nitrogens with two attached hydrogens (primary N) is 1. The Kier molecular flexibility index (Phi) is 3.87. The zero-order valence-electron chi connectivity index (χ0n) is 11.2. The van der Waals surface area contributed by atoms with Gasteiger partial charge >= 0.3 is 0 Å². The first kappa shape index (κ1) is 13.5. The Balaban J connectivity index is 1.79. The van der Waals surface area contributed by atoms with Crippen LogP contribution in [0.2, 0.25) is 0 Å². The van der Waals surface area contributed by atoms with Crippen LogP contribution in [0.15, 0.2) is 11.4 Å². The van der Waals surface area contributed by atoms with Crippen molar-refractivity contribution in [1.82, 2.24) is 4.90 Å². The van der Waals surface area contributed by atoms with E-state index in [1.54, 1.807) is 23.1 Å². The van der Waals surface area contributed by atoms with Crippen molar-refractivity contribution in [3.05, 3.63) is 21.9 Å². The molecular formula is C14H20N2OS2. The van der Waals surface area contributed by atoms with Crippen molar-refractivity contribution < 1.29 is 4.79 Å². The molecule has 3 rings (SSSR count). The topological polar surface area (TPSA) is 46.3 Å². The number of hydrogen-bond donors (Lipinski definition) is 1. The molecule has 5 heteroatoms. The number of rotatable bonds is 2. The molecule has 1 aromatic rings. The number of thiophene rings is 1. The van der Waals surface area contributed by atoms with E-state index in [0.29, 0.717) is 24.4 Å². The van der Waals surface area contributed by atoms with Crippen molar-refractivity contribution in [2.45, 2.75) is 31.1 Å². The summed E-state index contributed by atoms with van der Waals surface area (Å²) in [5.74, 6) is 1.84. The van der Waals surface area contributed by atoms with Crippen LogP contribution in [0.4, 0.5) is 0 Å². The van der Waals surface area contributed by atoms with Gasteiger partial charge in [-0.2, -0.15) is 0 Å². The highest BCUT2D eigenvalue weighted by Crippen LogP contribution is 2.41. The number of amides is 1. The summed E-state index contributed by atoms with van der Waals surface area (Å²) in [4.78, 5) is 16.3. The van der Waals surface area contributed by atoms with Crippen molar-refractivity contribution in [2.75, 3.05) is 18.8 Å². The Hall–Kier alpha value is -0.520. The van der Waals surface area contributed by atoms with E-state index < -0.39 is 0 Å². The van der Waals surface area contributed by atoms with E-state index in [-0.39, 0.29) is 5.25 Å². The molecule has 1 amide bonds. The van der Waals surface area contributed by atoms with Crippen LogP contribution in [0, 0.1) is 5.92 Å². The first-order chi connectivity index (χ1) is 9.20. The van der Waals surface area contributed by atoms with Gasteiger partial charge in [-0.15, -0.1) is 23.1 Å². The van der Waals surface area contributed by atoms with Gasteiger partial charge in [0.1, 0.15) is 5.25 Å². The van der Waals surface area contributed by atoms with Crippen LogP contribution in [-0.2, 0) is 11.2 Å². The van der Waals surface area contributed by atoms with Crippen LogP contribution in [0.5, 0.6) is 0 Å². The zero-order chi connectivity index (χ0) is 13.4. The number of nitrogens with zero attached hydrogens (tertiary/aromatic N) is 1. The summed E-state index contributed by atoms with van der Waals surface area (Å²) in [6, 6.07) is 2.47. The Bertz CT molecular complexity index is 474. The van der Waals surface area contributed by atoms with Crippen molar-refractivity contribution in [1.29, 1.82) is 0 Å². The van der Waals surface area contributed by atoms with Gasteiger partial charge in [-0.1, -0.05) is 0 Å². The Morgan fingerprint density at radius 1 is 1.58 bits per heavy atom. The Morgan fingerprint density at radius 2 is 2.42 bits per heavy atom. The second kappa shape index (κ2) is 5.46. The van der Waals surface area contributed by atoms with Crippen molar-refractivity contribution in [3.8, 4) is 0 Å². The summed E-state index contributed by atoms with van der Waals surface area (Å²) in [6.07, 6.45) is 2.17. The van der Waals surface area contributed by atoms with Crippen LogP contribution < -0.4 is 5.73 Å². The minimum absolute atomic E-state index is 0.0222. The number of aryl methyl sites for hydroxylation is 1. The first-order valence-electron chi connectivity index (χ1n) is 6.89. The lowest BCUT2D eigenvalue weighted by atomic mass is 10.1. The molecule has 2 aliphatic rings. The van der Waals surface area contributed by atoms with Gasteiger partial charge in [0.2, 0.25) is 5.91 Å². The van der Waals surface area contributed by atoms with Gasteiger partial charge in [-0.3, -0.25) is 4.79 Å². The fourth-order valence-corrected chi connectivity index (χ4v) is 5.48. The van der Waals surface area contributed by atoms with Crippen molar-refractivity contribution in [3.63, 3.8) is 0 Å². The first-order valence-corrected chi connectivity index (χ1v) is 8.82. The molecular weight excluding hydrogens is 276 g/mol. The van der Waals surface area contributed by atoms with E-state index >= 15 is 0 Å². The quantitative estimate of drug-likeness (QED) is 0.910. The molecule has 1 aromatic heterocycles. The maximum Gasteiger partial charge on any atom is 0.240 e. The van der Waals surface area contributed by atoms with Crippen LogP contribution in [0.1, 0.15) is 29.0 Å². The van der Waals surface area contributed by atoms with Crippen LogP contribution >= 0.6 is 23.1 Å².